The first-order valence-electron chi connectivity index (χ1n) is 13.7. The largest absolute Gasteiger partial charge is 0.481 e. The van der Waals surface area contributed by atoms with E-state index < -0.39 is 60.2 Å². The first-order chi connectivity index (χ1) is 20.5. The molecule has 0 fully saturated rings. The number of aliphatic carboxylic acids is 2. The van der Waals surface area contributed by atoms with Crippen LogP contribution < -0.4 is 33.2 Å². The highest BCUT2D eigenvalue weighted by Gasteiger charge is 2.30. The molecule has 0 aromatic heterocycles. The second-order valence-electron chi connectivity index (χ2n) is 9.89. The third-order valence-electron chi connectivity index (χ3n) is 6.39. The lowest BCUT2D eigenvalue weighted by Crippen LogP contribution is -2.57. The smallest absolute Gasteiger partial charge is 0.326 e. The molecule has 232 valence electrons. The van der Waals surface area contributed by atoms with Crippen molar-refractivity contribution in [1.82, 2.24) is 16.0 Å². The van der Waals surface area contributed by atoms with E-state index in [4.69, 9.17) is 17.2 Å². The van der Waals surface area contributed by atoms with Crippen molar-refractivity contribution in [1.29, 1.82) is 0 Å². The summed E-state index contributed by atoms with van der Waals surface area (Å²) in [5.74, 6) is -4.94. The fraction of sp³-hybridized carbons (Fsp3) is 0.379. The van der Waals surface area contributed by atoms with Gasteiger partial charge in [0, 0.05) is 19.4 Å². The van der Waals surface area contributed by atoms with Gasteiger partial charge in [-0.15, -0.1) is 0 Å². The molecule has 2 aromatic carbocycles. The number of benzene rings is 2. The number of carbonyl (C=O) groups excluding carboxylic acids is 3. The molecule has 0 radical (unpaired) electrons. The highest BCUT2D eigenvalue weighted by molar-refractivity contribution is 5.94. The number of carbonyl (C=O) groups is 5. The van der Waals surface area contributed by atoms with Gasteiger partial charge in [0.2, 0.25) is 17.7 Å². The number of carboxylic acids is 2. The van der Waals surface area contributed by atoms with Gasteiger partial charge in [0.1, 0.15) is 18.1 Å². The monoisotopic (exact) mass is 597 g/mol. The first kappa shape index (κ1) is 34.2. The van der Waals surface area contributed by atoms with Crippen LogP contribution in [-0.2, 0) is 36.8 Å². The summed E-state index contributed by atoms with van der Waals surface area (Å²) >= 11 is 0. The fourth-order valence-corrected chi connectivity index (χ4v) is 4.14. The van der Waals surface area contributed by atoms with Crippen molar-refractivity contribution in [2.45, 2.75) is 62.7 Å². The Kier molecular flexibility index (Phi) is 14.1. The molecule has 0 aliphatic rings. The standard InChI is InChI=1S/C29H39N7O7/c30-20(16-18-8-3-1-4-9-18)25(39)34-22(13-14-24(37)38)27(41)35-21(12-7-15-33-29(31)32)26(40)36-23(28(42)43)17-19-10-5-2-6-11-19/h1-6,8-11,20-23H,7,12-17,30H2,(H,34,39)(H,35,41)(H,36,40)(H,37,38)(H,42,43)(H4,31,32,33). The van der Waals surface area contributed by atoms with E-state index in [1.54, 1.807) is 54.6 Å². The topological polar surface area (TPSA) is 252 Å². The molecule has 0 bridgehead atoms. The number of hydrogen-bond donors (Lipinski definition) is 8. The first-order valence-corrected chi connectivity index (χ1v) is 13.7. The second kappa shape index (κ2) is 17.7. The molecule has 2 rings (SSSR count). The lowest BCUT2D eigenvalue weighted by molar-refractivity contribution is -0.142. The van der Waals surface area contributed by atoms with Gasteiger partial charge in [0.05, 0.1) is 6.04 Å². The number of hydrogen-bond acceptors (Lipinski definition) is 7. The zero-order valence-corrected chi connectivity index (χ0v) is 23.6. The van der Waals surface area contributed by atoms with Crippen molar-refractivity contribution in [2.24, 2.45) is 22.2 Å². The summed E-state index contributed by atoms with van der Waals surface area (Å²) in [6, 6.07) is 12.7. The number of amides is 3. The minimum atomic E-state index is -1.34. The number of aliphatic imine (C=N–C) groups is 1. The maximum Gasteiger partial charge on any atom is 0.326 e. The molecule has 4 atom stereocenters. The van der Waals surface area contributed by atoms with Crippen LogP contribution in [0.2, 0.25) is 0 Å². The van der Waals surface area contributed by atoms with Crippen molar-refractivity contribution < 1.29 is 34.2 Å². The molecule has 0 saturated heterocycles. The average Bonchev–Trinajstić information content (AvgIpc) is 2.96. The molecule has 0 heterocycles. The van der Waals surface area contributed by atoms with Gasteiger partial charge in [-0.05, 0) is 36.8 Å². The van der Waals surface area contributed by atoms with Crippen molar-refractivity contribution in [3.8, 4) is 0 Å². The zero-order valence-electron chi connectivity index (χ0n) is 23.6. The Hall–Kier alpha value is -4.98. The molecule has 4 unspecified atom stereocenters. The average molecular weight is 598 g/mol. The van der Waals surface area contributed by atoms with Crippen molar-refractivity contribution in [3.63, 3.8) is 0 Å². The highest BCUT2D eigenvalue weighted by Crippen LogP contribution is 2.08. The van der Waals surface area contributed by atoms with Gasteiger partial charge in [-0.2, -0.15) is 0 Å². The van der Waals surface area contributed by atoms with Gasteiger partial charge >= 0.3 is 11.9 Å². The Bertz CT molecular complexity index is 1250. The van der Waals surface area contributed by atoms with Crippen molar-refractivity contribution >= 4 is 35.6 Å². The molecule has 2 aromatic rings. The third-order valence-corrected chi connectivity index (χ3v) is 6.39. The maximum atomic E-state index is 13.3. The molecule has 0 spiro atoms. The predicted molar refractivity (Wildman–Crippen MR) is 158 cm³/mol. The van der Waals surface area contributed by atoms with E-state index in [-0.39, 0.29) is 44.6 Å². The molecule has 3 amide bonds. The quantitative estimate of drug-likeness (QED) is 0.0606. The van der Waals surface area contributed by atoms with Crippen LogP contribution in [0.4, 0.5) is 0 Å². The second-order valence-corrected chi connectivity index (χ2v) is 9.89. The maximum absolute atomic E-state index is 13.3. The third kappa shape index (κ3) is 13.0. The number of nitrogens with two attached hydrogens (primary N) is 3. The van der Waals surface area contributed by atoms with E-state index >= 15 is 0 Å². The highest BCUT2D eigenvalue weighted by atomic mass is 16.4. The molecule has 0 saturated carbocycles. The van der Waals surface area contributed by atoms with Crippen LogP contribution in [0.1, 0.15) is 36.8 Å². The van der Waals surface area contributed by atoms with Gasteiger partial charge in [-0.3, -0.25) is 24.2 Å². The van der Waals surface area contributed by atoms with E-state index in [2.05, 4.69) is 20.9 Å². The van der Waals surface area contributed by atoms with Crippen LogP contribution in [0.3, 0.4) is 0 Å². The lowest BCUT2D eigenvalue weighted by atomic mass is 10.0. The molecular formula is C29H39N7O7. The Labute approximate surface area is 249 Å². The summed E-state index contributed by atoms with van der Waals surface area (Å²) in [5.41, 5.74) is 18.2. The number of nitrogens with one attached hydrogen (secondary N) is 3. The summed E-state index contributed by atoms with van der Waals surface area (Å²) in [5, 5.41) is 26.4. The van der Waals surface area contributed by atoms with Crippen molar-refractivity contribution in [3.05, 3.63) is 71.8 Å². The van der Waals surface area contributed by atoms with E-state index in [9.17, 15) is 34.2 Å². The molecule has 43 heavy (non-hydrogen) atoms. The zero-order chi connectivity index (χ0) is 31.8. The Morgan fingerprint density at radius 3 is 1.70 bits per heavy atom. The Morgan fingerprint density at radius 1 is 0.698 bits per heavy atom. The summed E-state index contributed by atoms with van der Waals surface area (Å²) in [4.78, 5) is 66.5. The molecule has 0 aliphatic carbocycles. The van der Waals surface area contributed by atoms with Crippen LogP contribution >= 0.6 is 0 Å². The normalized spacial score (nSPS) is 13.4. The van der Waals surface area contributed by atoms with Gasteiger partial charge in [-0.1, -0.05) is 60.7 Å². The molecule has 14 nitrogen and oxygen atoms in total. The molecule has 14 heteroatoms. The molecule has 0 aliphatic heterocycles. The lowest BCUT2D eigenvalue weighted by Gasteiger charge is -2.25. The van der Waals surface area contributed by atoms with Gasteiger partial charge < -0.3 is 43.4 Å². The fourth-order valence-electron chi connectivity index (χ4n) is 4.14. The summed E-state index contributed by atoms with van der Waals surface area (Å²) in [6.07, 6.45) is -0.314. The van der Waals surface area contributed by atoms with Crippen LogP contribution in [0.15, 0.2) is 65.7 Å². The number of carboxylic acid groups (broad SMARTS) is 2. The number of guanidine groups is 1. The summed E-state index contributed by atoms with van der Waals surface area (Å²) in [7, 11) is 0. The minimum absolute atomic E-state index is 0.00677. The van der Waals surface area contributed by atoms with Gasteiger partial charge in [0.15, 0.2) is 5.96 Å². The van der Waals surface area contributed by atoms with Crippen LogP contribution in [0.25, 0.3) is 0 Å². The van der Waals surface area contributed by atoms with E-state index in [0.29, 0.717) is 5.56 Å². The predicted octanol–water partition coefficient (Wildman–Crippen LogP) is -0.743. The molecule has 11 N–H and O–H groups in total. The minimum Gasteiger partial charge on any atom is -0.481 e. The SMILES string of the molecule is NC(N)=NCCCC(NC(=O)C(CCC(=O)O)NC(=O)C(N)Cc1ccccc1)C(=O)NC(Cc1ccccc1)C(=O)O. The summed E-state index contributed by atoms with van der Waals surface area (Å²) in [6.45, 7) is 0.127. The number of nitrogens with zero attached hydrogens (tertiary/aromatic N) is 1. The Balaban J connectivity index is 2.19. The van der Waals surface area contributed by atoms with E-state index in [1.807, 2.05) is 6.07 Å². The Morgan fingerprint density at radius 2 is 1.19 bits per heavy atom. The molecular weight excluding hydrogens is 558 g/mol. The van der Waals surface area contributed by atoms with Crippen LogP contribution in [0.5, 0.6) is 0 Å². The van der Waals surface area contributed by atoms with E-state index in [0.717, 1.165) is 5.56 Å². The van der Waals surface area contributed by atoms with Gasteiger partial charge in [0.25, 0.3) is 0 Å². The van der Waals surface area contributed by atoms with Gasteiger partial charge in [-0.25, -0.2) is 4.79 Å². The van der Waals surface area contributed by atoms with E-state index in [1.165, 1.54) is 0 Å². The number of rotatable bonds is 18. The van der Waals surface area contributed by atoms with Crippen LogP contribution in [-0.4, -0.2) is 76.5 Å². The summed E-state index contributed by atoms with van der Waals surface area (Å²) < 4.78 is 0. The van der Waals surface area contributed by atoms with Crippen molar-refractivity contribution in [2.75, 3.05) is 6.54 Å². The van der Waals surface area contributed by atoms with Crippen LogP contribution in [0, 0.1) is 0 Å².